The maximum absolute atomic E-state index is 13.1. The predicted octanol–water partition coefficient (Wildman–Crippen LogP) is 4.72. The molecular formula is C30H33BrN8O. The summed E-state index contributed by atoms with van der Waals surface area (Å²) < 4.78 is 0. The molecule has 4 aromatic rings. The smallest absolute Gasteiger partial charge is 0.228 e. The maximum Gasteiger partial charge on any atom is 0.228 e. The number of nitrogens with one attached hydrogen (secondary N) is 2. The highest BCUT2D eigenvalue weighted by Gasteiger charge is 2.17. The second kappa shape index (κ2) is 14.2. The summed E-state index contributed by atoms with van der Waals surface area (Å²) in [5.41, 5.74) is 14.2. The number of carbonyl (C=O) groups is 1. The lowest BCUT2D eigenvalue weighted by Crippen LogP contribution is -2.25. The van der Waals surface area contributed by atoms with Gasteiger partial charge in [-0.1, -0.05) is 83.5 Å². The molecular weight excluding hydrogens is 568 g/mol. The fourth-order valence-corrected chi connectivity index (χ4v) is 4.70. The van der Waals surface area contributed by atoms with Crippen LogP contribution in [0, 0.1) is 0 Å². The molecule has 0 saturated heterocycles. The lowest BCUT2D eigenvalue weighted by molar-refractivity contribution is -0.115. The highest BCUT2D eigenvalue weighted by Crippen LogP contribution is 2.29. The topological polar surface area (TPSA) is 135 Å². The molecule has 2 aromatic heterocycles. The Morgan fingerprint density at radius 3 is 2.50 bits per heavy atom. The van der Waals surface area contributed by atoms with Gasteiger partial charge in [0.2, 0.25) is 5.91 Å². The molecule has 4 rings (SSSR count). The summed E-state index contributed by atoms with van der Waals surface area (Å²) in [6.45, 7) is 3.59. The lowest BCUT2D eigenvalue weighted by Gasteiger charge is -2.25. The first-order chi connectivity index (χ1) is 19.5. The molecule has 9 nitrogen and oxygen atoms in total. The van der Waals surface area contributed by atoms with Gasteiger partial charge in [-0.2, -0.15) is 0 Å². The summed E-state index contributed by atoms with van der Waals surface area (Å²) in [6, 6.07) is 23.5. The monoisotopic (exact) mass is 600 g/mol. The number of halogens is 1. The van der Waals surface area contributed by atoms with E-state index in [-0.39, 0.29) is 18.2 Å². The molecule has 0 aliphatic heterocycles. The van der Waals surface area contributed by atoms with Gasteiger partial charge < -0.3 is 16.0 Å². The van der Waals surface area contributed by atoms with Gasteiger partial charge in [-0.3, -0.25) is 9.78 Å². The molecule has 0 saturated carbocycles. The summed E-state index contributed by atoms with van der Waals surface area (Å²) in [4.78, 5) is 24.6. The molecule has 0 bridgehead atoms. The van der Waals surface area contributed by atoms with Crippen LogP contribution in [-0.2, 0) is 23.1 Å². The van der Waals surface area contributed by atoms with Gasteiger partial charge in [0.25, 0.3) is 0 Å². The number of amidine groups is 1. The third-order valence-electron chi connectivity index (χ3n) is 6.16. The van der Waals surface area contributed by atoms with Gasteiger partial charge in [-0.05, 0) is 29.2 Å². The van der Waals surface area contributed by atoms with E-state index in [1.165, 1.54) is 5.56 Å². The van der Waals surface area contributed by atoms with Crippen molar-refractivity contribution in [3.63, 3.8) is 0 Å². The van der Waals surface area contributed by atoms with Crippen LogP contribution in [0.5, 0.6) is 0 Å². The number of nitrogens with two attached hydrogens (primary N) is 2. The molecule has 206 valence electrons. The summed E-state index contributed by atoms with van der Waals surface area (Å²) in [7, 11) is 0. The Bertz CT molecular complexity index is 1460. The number of alkyl halides is 1. The average Bonchev–Trinajstić information content (AvgIpc) is 2.97. The minimum Gasteiger partial charge on any atom is -0.382 e. The number of anilines is 2. The number of amides is 1. The van der Waals surface area contributed by atoms with Gasteiger partial charge in [-0.25, -0.2) is 16.4 Å². The molecule has 10 heteroatoms. The molecule has 0 unspecified atom stereocenters. The number of nitrogens with zero attached hydrogens (tertiary/aromatic N) is 4. The zero-order valence-electron chi connectivity index (χ0n) is 22.3. The van der Waals surface area contributed by atoms with Gasteiger partial charge in [0, 0.05) is 53.7 Å². The molecule has 0 radical (unpaired) electrons. The Labute approximate surface area is 242 Å². The molecule has 1 amide bonds. The van der Waals surface area contributed by atoms with Crippen molar-refractivity contribution >= 4 is 39.2 Å². The molecule has 0 aliphatic rings. The first-order valence-electron chi connectivity index (χ1n) is 13.0. The maximum atomic E-state index is 13.1. The molecule has 0 aliphatic carbocycles. The van der Waals surface area contributed by atoms with Crippen LogP contribution >= 0.6 is 15.9 Å². The number of aromatic nitrogens is 2. The molecule has 2 aromatic carbocycles. The number of pyridine rings is 2. The van der Waals surface area contributed by atoms with Crippen LogP contribution in [0.4, 0.5) is 11.5 Å². The first kappa shape index (κ1) is 28.7. The van der Waals surface area contributed by atoms with Gasteiger partial charge in [-0.15, -0.1) is 5.10 Å². The van der Waals surface area contributed by atoms with Crippen LogP contribution in [0.2, 0.25) is 0 Å². The standard InChI is InChI=1S/C30H33BrN8O/c1-2-12-39(20-21-8-4-3-5-9-21)28-16-24(35-29(40)14-22-13-23(17-31)19-34-18-22)15-27(36-28)25-10-6-7-11-26(25)30(32)37-38-33/h3-11,13,15-16,18-19,38H,2,12,14,17,20,33H2,1H3,(H2,32,37)(H,35,36,40). The largest absolute Gasteiger partial charge is 0.382 e. The zero-order valence-corrected chi connectivity index (χ0v) is 23.9. The lowest BCUT2D eigenvalue weighted by atomic mass is 10.0. The summed E-state index contributed by atoms with van der Waals surface area (Å²) in [6.07, 6.45) is 4.61. The van der Waals surface area contributed by atoms with Crippen molar-refractivity contribution in [2.75, 3.05) is 16.8 Å². The average molecular weight is 602 g/mol. The van der Waals surface area contributed by atoms with E-state index in [4.69, 9.17) is 16.6 Å². The third kappa shape index (κ3) is 7.64. The SMILES string of the molecule is CCCN(Cc1ccccc1)c1cc(NC(=O)Cc2cncc(CBr)c2)cc(-c2ccccc2/C(N)=N/NN)n1. The van der Waals surface area contributed by atoms with E-state index in [2.05, 4.69) is 60.8 Å². The predicted molar refractivity (Wildman–Crippen MR) is 165 cm³/mol. The fraction of sp³-hybridized carbons (Fsp3) is 0.200. The fourth-order valence-electron chi connectivity index (χ4n) is 4.40. The van der Waals surface area contributed by atoms with Crippen LogP contribution in [0.25, 0.3) is 11.3 Å². The number of hydrazone groups is 1. The van der Waals surface area contributed by atoms with E-state index in [1.807, 2.05) is 60.7 Å². The normalized spacial score (nSPS) is 11.2. The second-order valence-electron chi connectivity index (χ2n) is 9.24. The van der Waals surface area contributed by atoms with Crippen molar-refractivity contribution in [3.8, 4) is 11.3 Å². The highest BCUT2D eigenvalue weighted by molar-refractivity contribution is 9.08. The van der Waals surface area contributed by atoms with Crippen LogP contribution in [0.1, 0.15) is 35.6 Å². The van der Waals surface area contributed by atoms with E-state index in [1.54, 1.807) is 12.4 Å². The number of benzene rings is 2. The van der Waals surface area contributed by atoms with E-state index in [9.17, 15) is 4.79 Å². The van der Waals surface area contributed by atoms with E-state index < -0.39 is 0 Å². The molecule has 6 N–H and O–H groups in total. The van der Waals surface area contributed by atoms with Crippen molar-refractivity contribution in [3.05, 3.63) is 107 Å². The van der Waals surface area contributed by atoms with E-state index >= 15 is 0 Å². The molecule has 40 heavy (non-hydrogen) atoms. The molecule has 0 fully saturated rings. The minimum absolute atomic E-state index is 0.150. The summed E-state index contributed by atoms with van der Waals surface area (Å²) in [5, 5.41) is 7.71. The summed E-state index contributed by atoms with van der Waals surface area (Å²) in [5.74, 6) is 6.21. The Morgan fingerprint density at radius 2 is 1.75 bits per heavy atom. The van der Waals surface area contributed by atoms with Crippen LogP contribution < -0.4 is 27.3 Å². The Kier molecular flexibility index (Phi) is 10.2. The van der Waals surface area contributed by atoms with Crippen LogP contribution in [0.15, 0.2) is 90.3 Å². The second-order valence-corrected chi connectivity index (χ2v) is 9.80. The summed E-state index contributed by atoms with van der Waals surface area (Å²) >= 11 is 3.44. The number of rotatable bonds is 12. The van der Waals surface area contributed by atoms with Gasteiger partial charge in [0.15, 0.2) is 5.84 Å². The first-order valence-corrected chi connectivity index (χ1v) is 14.1. The van der Waals surface area contributed by atoms with Crippen molar-refractivity contribution in [1.29, 1.82) is 0 Å². The Morgan fingerprint density at radius 1 is 1.00 bits per heavy atom. The van der Waals surface area contributed by atoms with Crippen molar-refractivity contribution in [2.24, 2.45) is 16.7 Å². The molecule has 0 spiro atoms. The van der Waals surface area contributed by atoms with Gasteiger partial charge in [0.1, 0.15) is 5.82 Å². The van der Waals surface area contributed by atoms with Crippen molar-refractivity contribution in [2.45, 2.75) is 31.6 Å². The number of carbonyl (C=O) groups excluding carboxylic acids is 1. The molecule has 2 heterocycles. The van der Waals surface area contributed by atoms with E-state index in [0.29, 0.717) is 28.8 Å². The van der Waals surface area contributed by atoms with Crippen LogP contribution in [-0.4, -0.2) is 28.3 Å². The van der Waals surface area contributed by atoms with Crippen LogP contribution in [0.3, 0.4) is 0 Å². The Balaban J connectivity index is 1.74. The number of hydrazine groups is 1. The van der Waals surface area contributed by atoms with E-state index in [0.717, 1.165) is 35.5 Å². The van der Waals surface area contributed by atoms with Gasteiger partial charge >= 0.3 is 0 Å². The Hall–Kier alpha value is -4.28. The number of hydrogen-bond acceptors (Lipinski definition) is 7. The quantitative estimate of drug-likeness (QED) is 0.0607. The minimum atomic E-state index is -0.150. The van der Waals surface area contributed by atoms with Crippen molar-refractivity contribution < 1.29 is 4.79 Å². The molecule has 0 atom stereocenters. The number of hydrogen-bond donors (Lipinski definition) is 4. The third-order valence-corrected chi connectivity index (χ3v) is 6.81. The van der Waals surface area contributed by atoms with Gasteiger partial charge in [0.05, 0.1) is 12.1 Å². The zero-order chi connectivity index (χ0) is 28.3. The highest BCUT2D eigenvalue weighted by atomic mass is 79.9. The van der Waals surface area contributed by atoms with Crippen molar-refractivity contribution in [1.82, 2.24) is 15.5 Å².